The third-order valence-electron chi connectivity index (χ3n) is 2.28. The van der Waals surface area contributed by atoms with E-state index in [4.69, 9.17) is 4.74 Å². The summed E-state index contributed by atoms with van der Waals surface area (Å²) in [5.74, 6) is 0.131. The predicted molar refractivity (Wildman–Crippen MR) is 68.1 cm³/mol. The second-order valence-corrected chi connectivity index (χ2v) is 4.21. The van der Waals surface area contributed by atoms with Crippen molar-refractivity contribution in [2.45, 2.75) is 6.42 Å². The van der Waals surface area contributed by atoms with E-state index in [1.54, 1.807) is 12.1 Å². The average molecular weight is 254 g/mol. The summed E-state index contributed by atoms with van der Waals surface area (Å²) >= 11 is 0. The van der Waals surface area contributed by atoms with Gasteiger partial charge in [0, 0.05) is 19.0 Å². The second kappa shape index (κ2) is 7.66. The van der Waals surface area contributed by atoms with Gasteiger partial charge in [0.05, 0.1) is 6.54 Å². The molecule has 0 bridgehead atoms. The van der Waals surface area contributed by atoms with E-state index in [2.05, 4.69) is 5.32 Å². The minimum atomic E-state index is -0.331. The van der Waals surface area contributed by atoms with Crippen molar-refractivity contribution in [3.05, 3.63) is 30.1 Å². The lowest BCUT2D eigenvalue weighted by molar-refractivity contribution is -0.121. The Morgan fingerprint density at radius 2 is 2.22 bits per heavy atom. The molecule has 0 saturated carbocycles. The van der Waals surface area contributed by atoms with E-state index in [0.29, 0.717) is 25.3 Å². The summed E-state index contributed by atoms with van der Waals surface area (Å²) in [5.41, 5.74) is 0. The zero-order valence-electron chi connectivity index (χ0n) is 10.8. The molecule has 5 heteroatoms. The maximum absolute atomic E-state index is 12.8. The minimum Gasteiger partial charge on any atom is -0.492 e. The fourth-order valence-corrected chi connectivity index (χ4v) is 1.33. The molecular formula is C13H19FN2O2. The largest absolute Gasteiger partial charge is 0.492 e. The number of hydrogen-bond donors (Lipinski definition) is 1. The molecule has 1 N–H and O–H groups in total. The lowest BCUT2D eigenvalue weighted by atomic mass is 10.3. The van der Waals surface area contributed by atoms with Crippen LogP contribution in [0.1, 0.15) is 6.42 Å². The molecule has 0 radical (unpaired) electrons. The zero-order chi connectivity index (χ0) is 13.4. The predicted octanol–water partition coefficient (Wildman–Crippen LogP) is 1.27. The van der Waals surface area contributed by atoms with Gasteiger partial charge < -0.3 is 15.0 Å². The van der Waals surface area contributed by atoms with Gasteiger partial charge in [0.2, 0.25) is 5.91 Å². The van der Waals surface area contributed by atoms with Crippen LogP contribution in [-0.2, 0) is 4.79 Å². The topological polar surface area (TPSA) is 41.6 Å². The molecule has 4 nitrogen and oxygen atoms in total. The number of nitrogens with one attached hydrogen (secondary N) is 1. The van der Waals surface area contributed by atoms with Crippen molar-refractivity contribution in [2.24, 2.45) is 0 Å². The summed E-state index contributed by atoms with van der Waals surface area (Å²) in [6.45, 7) is 1.47. The number of hydrogen-bond acceptors (Lipinski definition) is 3. The Morgan fingerprint density at radius 3 is 2.89 bits per heavy atom. The Balaban J connectivity index is 2.13. The molecule has 0 unspecified atom stereocenters. The summed E-state index contributed by atoms with van der Waals surface area (Å²) in [5, 5.41) is 2.74. The summed E-state index contributed by atoms with van der Waals surface area (Å²) in [4.78, 5) is 13.3. The third-order valence-corrected chi connectivity index (χ3v) is 2.28. The Kier molecular flexibility index (Phi) is 6.14. The molecule has 0 aliphatic carbocycles. The molecule has 0 spiro atoms. The Bertz CT molecular complexity index is 383. The van der Waals surface area contributed by atoms with Crippen LogP contribution in [-0.4, -0.2) is 44.6 Å². The number of nitrogens with zero attached hydrogens (tertiary/aromatic N) is 1. The average Bonchev–Trinajstić information content (AvgIpc) is 2.32. The molecule has 0 aliphatic heterocycles. The first-order valence-corrected chi connectivity index (χ1v) is 5.88. The fourth-order valence-electron chi connectivity index (χ4n) is 1.33. The van der Waals surface area contributed by atoms with E-state index in [9.17, 15) is 9.18 Å². The van der Waals surface area contributed by atoms with Gasteiger partial charge in [0.15, 0.2) is 0 Å². The standard InChI is InChI=1S/C13H19FN2O2/c1-16(2)8-6-13(17)15-7-9-18-12-5-3-4-11(14)10-12/h3-5,10H,6-9H2,1-2H3,(H,15,17). The first-order valence-electron chi connectivity index (χ1n) is 5.88. The van der Waals surface area contributed by atoms with E-state index in [-0.39, 0.29) is 11.7 Å². The van der Waals surface area contributed by atoms with Crippen molar-refractivity contribution in [3.63, 3.8) is 0 Å². The monoisotopic (exact) mass is 254 g/mol. The summed E-state index contributed by atoms with van der Waals surface area (Å²) in [6.07, 6.45) is 0.465. The fraction of sp³-hybridized carbons (Fsp3) is 0.462. The van der Waals surface area contributed by atoms with Crippen LogP contribution in [0.2, 0.25) is 0 Å². The van der Waals surface area contributed by atoms with E-state index < -0.39 is 0 Å². The van der Waals surface area contributed by atoms with E-state index in [0.717, 1.165) is 6.54 Å². The van der Waals surface area contributed by atoms with Crippen molar-refractivity contribution in [3.8, 4) is 5.75 Å². The van der Waals surface area contributed by atoms with Gasteiger partial charge in [-0.3, -0.25) is 4.79 Å². The molecule has 0 aromatic heterocycles. The zero-order valence-corrected chi connectivity index (χ0v) is 10.8. The number of rotatable bonds is 7. The van der Waals surface area contributed by atoms with Gasteiger partial charge in [0.25, 0.3) is 0 Å². The molecule has 1 aromatic carbocycles. The summed E-state index contributed by atoms with van der Waals surface area (Å²) < 4.78 is 18.1. The lowest BCUT2D eigenvalue weighted by Crippen LogP contribution is -2.30. The van der Waals surface area contributed by atoms with Crippen molar-refractivity contribution < 1.29 is 13.9 Å². The molecule has 18 heavy (non-hydrogen) atoms. The SMILES string of the molecule is CN(C)CCC(=O)NCCOc1cccc(F)c1. The molecule has 0 fully saturated rings. The number of carbonyl (C=O) groups is 1. The Labute approximate surface area is 107 Å². The van der Waals surface area contributed by atoms with Gasteiger partial charge in [-0.1, -0.05) is 6.07 Å². The molecule has 100 valence electrons. The van der Waals surface area contributed by atoms with E-state index >= 15 is 0 Å². The number of halogens is 1. The van der Waals surface area contributed by atoms with Crippen molar-refractivity contribution in [1.82, 2.24) is 10.2 Å². The van der Waals surface area contributed by atoms with Gasteiger partial charge in [0.1, 0.15) is 18.2 Å². The van der Waals surface area contributed by atoms with Crippen LogP contribution < -0.4 is 10.1 Å². The maximum Gasteiger partial charge on any atom is 0.221 e. The minimum absolute atomic E-state index is 0.00783. The van der Waals surface area contributed by atoms with Gasteiger partial charge in [-0.15, -0.1) is 0 Å². The Morgan fingerprint density at radius 1 is 1.44 bits per heavy atom. The van der Waals surface area contributed by atoms with Crippen molar-refractivity contribution in [1.29, 1.82) is 0 Å². The van der Waals surface area contributed by atoms with Gasteiger partial charge >= 0.3 is 0 Å². The van der Waals surface area contributed by atoms with Crippen LogP contribution in [0, 0.1) is 5.82 Å². The van der Waals surface area contributed by atoms with Crippen molar-refractivity contribution in [2.75, 3.05) is 33.8 Å². The van der Waals surface area contributed by atoms with Crippen LogP contribution in [0.15, 0.2) is 24.3 Å². The highest BCUT2D eigenvalue weighted by atomic mass is 19.1. The molecule has 0 heterocycles. The first-order chi connectivity index (χ1) is 8.58. The second-order valence-electron chi connectivity index (χ2n) is 4.21. The number of benzene rings is 1. The quantitative estimate of drug-likeness (QED) is 0.745. The van der Waals surface area contributed by atoms with Gasteiger partial charge in [-0.25, -0.2) is 4.39 Å². The highest BCUT2D eigenvalue weighted by molar-refractivity contribution is 5.76. The molecule has 0 atom stereocenters. The number of carbonyl (C=O) groups excluding carboxylic acids is 1. The van der Waals surface area contributed by atoms with Crippen LogP contribution in [0.5, 0.6) is 5.75 Å². The smallest absolute Gasteiger partial charge is 0.221 e. The van der Waals surface area contributed by atoms with Crippen LogP contribution >= 0.6 is 0 Å². The summed E-state index contributed by atoms with van der Waals surface area (Å²) in [7, 11) is 3.83. The molecule has 0 saturated heterocycles. The van der Waals surface area contributed by atoms with Crippen LogP contribution in [0.25, 0.3) is 0 Å². The molecule has 1 amide bonds. The lowest BCUT2D eigenvalue weighted by Gasteiger charge is -2.10. The third kappa shape index (κ3) is 6.20. The molecular weight excluding hydrogens is 235 g/mol. The Hall–Kier alpha value is -1.62. The van der Waals surface area contributed by atoms with Crippen LogP contribution in [0.3, 0.4) is 0 Å². The van der Waals surface area contributed by atoms with E-state index in [1.165, 1.54) is 12.1 Å². The normalized spacial score (nSPS) is 10.4. The van der Waals surface area contributed by atoms with E-state index in [1.807, 2.05) is 19.0 Å². The highest BCUT2D eigenvalue weighted by Gasteiger charge is 2.01. The molecule has 1 rings (SSSR count). The van der Waals surface area contributed by atoms with Gasteiger partial charge in [-0.05, 0) is 26.2 Å². The number of ether oxygens (including phenoxy) is 1. The first kappa shape index (κ1) is 14.4. The van der Waals surface area contributed by atoms with Gasteiger partial charge in [-0.2, -0.15) is 0 Å². The summed E-state index contributed by atoms with van der Waals surface area (Å²) in [6, 6.07) is 5.93. The van der Waals surface area contributed by atoms with Crippen LogP contribution in [0.4, 0.5) is 4.39 Å². The highest BCUT2D eigenvalue weighted by Crippen LogP contribution is 2.11. The maximum atomic E-state index is 12.8. The van der Waals surface area contributed by atoms with Crippen molar-refractivity contribution >= 4 is 5.91 Å². The molecule has 0 aliphatic rings. The number of amides is 1. The molecule has 1 aromatic rings.